The third-order valence-electron chi connectivity index (χ3n) is 2.72. The summed E-state index contributed by atoms with van der Waals surface area (Å²) in [4.78, 5) is 20.1. The van der Waals surface area contributed by atoms with Crippen molar-refractivity contribution in [2.45, 2.75) is 19.1 Å². The highest BCUT2D eigenvalue weighted by atomic mass is 19.4. The predicted molar refractivity (Wildman–Crippen MR) is 67.6 cm³/mol. The molecule has 0 aliphatic rings. The Morgan fingerprint density at radius 1 is 1.43 bits per heavy atom. The zero-order valence-electron chi connectivity index (χ0n) is 11.5. The second-order valence-corrected chi connectivity index (χ2v) is 4.59. The number of amides is 1. The van der Waals surface area contributed by atoms with Gasteiger partial charge in [0.2, 0.25) is 5.91 Å². The molecule has 0 spiro atoms. The number of rotatable bonds is 3. The molecule has 0 fully saturated rings. The van der Waals surface area contributed by atoms with Gasteiger partial charge in [0.15, 0.2) is 5.69 Å². The quantitative estimate of drug-likeness (QED) is 0.916. The monoisotopic (exact) mass is 302 g/mol. The number of hydrogen-bond donors (Lipinski definition) is 1. The Morgan fingerprint density at radius 3 is 2.67 bits per heavy atom. The average Bonchev–Trinajstić information content (AvgIpc) is 2.84. The summed E-state index contributed by atoms with van der Waals surface area (Å²) in [6, 6.07) is 0.0667. The maximum atomic E-state index is 12.8. The number of halogens is 3. The lowest BCUT2D eigenvalue weighted by atomic mass is 10.3. The lowest BCUT2D eigenvalue weighted by molar-refractivity contribution is -0.141. The SMILES string of the molecule is CC(Nc1cc(C(F)(F)F)nc2ncnn12)C(=O)N(C)C. The fraction of sp³-hybridized carbons (Fsp3) is 0.455. The Kier molecular flexibility index (Phi) is 3.71. The molecule has 0 saturated heterocycles. The van der Waals surface area contributed by atoms with Crippen molar-refractivity contribution >= 4 is 17.5 Å². The second kappa shape index (κ2) is 5.19. The molecule has 0 radical (unpaired) electrons. The number of aromatic nitrogens is 4. The topological polar surface area (TPSA) is 75.4 Å². The van der Waals surface area contributed by atoms with Gasteiger partial charge in [-0.2, -0.15) is 27.8 Å². The van der Waals surface area contributed by atoms with Gasteiger partial charge < -0.3 is 10.2 Å². The molecule has 2 aromatic heterocycles. The number of carbonyl (C=O) groups excluding carboxylic acids is 1. The number of nitrogens with one attached hydrogen (secondary N) is 1. The summed E-state index contributed by atoms with van der Waals surface area (Å²) in [5.41, 5.74) is -1.10. The normalized spacial score (nSPS) is 13.2. The van der Waals surface area contributed by atoms with Crippen LogP contribution in [-0.2, 0) is 11.0 Å². The van der Waals surface area contributed by atoms with E-state index in [1.807, 2.05) is 0 Å². The van der Waals surface area contributed by atoms with Gasteiger partial charge in [-0.3, -0.25) is 4.79 Å². The molecule has 1 N–H and O–H groups in total. The molecule has 2 aromatic rings. The second-order valence-electron chi connectivity index (χ2n) is 4.59. The molecule has 0 aromatic carbocycles. The minimum atomic E-state index is -4.61. The largest absolute Gasteiger partial charge is 0.433 e. The zero-order chi connectivity index (χ0) is 15.8. The number of nitrogens with zero attached hydrogens (tertiary/aromatic N) is 5. The molecule has 1 unspecified atom stereocenters. The molecular formula is C11H13F3N6O. The van der Waals surface area contributed by atoms with Crippen LogP contribution in [0.5, 0.6) is 0 Å². The molecular weight excluding hydrogens is 289 g/mol. The molecule has 2 rings (SSSR count). The van der Waals surface area contributed by atoms with Crippen LogP contribution in [0.25, 0.3) is 5.78 Å². The zero-order valence-corrected chi connectivity index (χ0v) is 11.5. The number of hydrogen-bond acceptors (Lipinski definition) is 5. The summed E-state index contributed by atoms with van der Waals surface area (Å²) in [7, 11) is 3.11. The van der Waals surface area contributed by atoms with E-state index in [9.17, 15) is 18.0 Å². The van der Waals surface area contributed by atoms with Crippen LogP contribution in [0, 0.1) is 0 Å². The molecule has 0 aliphatic heterocycles. The number of fused-ring (bicyclic) bond motifs is 1. The number of carbonyl (C=O) groups is 1. The lowest BCUT2D eigenvalue weighted by Crippen LogP contribution is -2.37. The highest BCUT2D eigenvalue weighted by Crippen LogP contribution is 2.29. The molecule has 21 heavy (non-hydrogen) atoms. The fourth-order valence-corrected chi connectivity index (χ4v) is 1.73. The van der Waals surface area contributed by atoms with Gasteiger partial charge in [0.25, 0.3) is 5.78 Å². The van der Waals surface area contributed by atoms with Gasteiger partial charge in [-0.05, 0) is 6.92 Å². The number of anilines is 1. The summed E-state index contributed by atoms with van der Waals surface area (Å²) < 4.78 is 39.5. The summed E-state index contributed by atoms with van der Waals surface area (Å²) >= 11 is 0. The first-order chi connectivity index (χ1) is 9.70. The summed E-state index contributed by atoms with van der Waals surface area (Å²) in [5.74, 6) is -0.488. The van der Waals surface area contributed by atoms with Gasteiger partial charge in [0, 0.05) is 20.2 Å². The summed E-state index contributed by atoms with van der Waals surface area (Å²) in [6.45, 7) is 1.54. The van der Waals surface area contributed by atoms with E-state index in [4.69, 9.17) is 0 Å². The molecule has 1 atom stereocenters. The minimum Gasteiger partial charge on any atom is -0.358 e. The van der Waals surface area contributed by atoms with Crippen LogP contribution in [0.3, 0.4) is 0 Å². The molecule has 0 saturated carbocycles. The predicted octanol–water partition coefficient (Wildman–Crippen LogP) is 1.03. The van der Waals surface area contributed by atoms with Crippen molar-refractivity contribution in [1.82, 2.24) is 24.5 Å². The first-order valence-electron chi connectivity index (χ1n) is 5.96. The Balaban J connectivity index is 2.42. The molecule has 2 heterocycles. The first-order valence-corrected chi connectivity index (χ1v) is 5.96. The standard InChI is InChI=1S/C11H13F3N6O/c1-6(9(21)19(2)3)17-8-4-7(11(12,13)14)18-10-15-5-16-20(8)10/h4-6,17H,1-3H3. The van der Waals surface area contributed by atoms with E-state index in [-0.39, 0.29) is 17.5 Å². The van der Waals surface area contributed by atoms with Crippen molar-refractivity contribution in [1.29, 1.82) is 0 Å². The van der Waals surface area contributed by atoms with E-state index in [0.29, 0.717) is 0 Å². The molecule has 1 amide bonds. The van der Waals surface area contributed by atoms with Gasteiger partial charge in [-0.15, -0.1) is 0 Å². The van der Waals surface area contributed by atoms with Crippen molar-refractivity contribution in [3.8, 4) is 0 Å². The van der Waals surface area contributed by atoms with Crippen LogP contribution in [-0.4, -0.2) is 50.5 Å². The van der Waals surface area contributed by atoms with E-state index in [1.165, 1.54) is 4.90 Å². The average molecular weight is 302 g/mol. The van der Waals surface area contributed by atoms with Crippen LogP contribution in [0.2, 0.25) is 0 Å². The van der Waals surface area contributed by atoms with E-state index in [2.05, 4.69) is 20.4 Å². The van der Waals surface area contributed by atoms with E-state index >= 15 is 0 Å². The third kappa shape index (κ3) is 3.03. The lowest BCUT2D eigenvalue weighted by Gasteiger charge is -2.19. The van der Waals surface area contributed by atoms with Gasteiger partial charge >= 0.3 is 6.18 Å². The molecule has 10 heteroatoms. The third-order valence-corrected chi connectivity index (χ3v) is 2.72. The molecule has 0 bridgehead atoms. The Labute approximate surface area is 117 Å². The van der Waals surface area contributed by atoms with Crippen LogP contribution < -0.4 is 5.32 Å². The van der Waals surface area contributed by atoms with Crippen LogP contribution >= 0.6 is 0 Å². The van der Waals surface area contributed by atoms with E-state index in [1.54, 1.807) is 21.0 Å². The van der Waals surface area contributed by atoms with Gasteiger partial charge in [0.05, 0.1) is 0 Å². The molecule has 0 aliphatic carbocycles. The van der Waals surface area contributed by atoms with Gasteiger partial charge in [-0.1, -0.05) is 0 Å². The van der Waals surface area contributed by atoms with Crippen LogP contribution in [0.4, 0.5) is 19.0 Å². The Hall–Kier alpha value is -2.39. The number of likely N-dealkylation sites (N-methyl/N-ethyl adjacent to an activating group) is 1. The van der Waals surface area contributed by atoms with Crippen molar-refractivity contribution in [2.75, 3.05) is 19.4 Å². The smallest absolute Gasteiger partial charge is 0.358 e. The van der Waals surface area contributed by atoms with Crippen molar-refractivity contribution in [3.63, 3.8) is 0 Å². The van der Waals surface area contributed by atoms with Crippen LogP contribution in [0.15, 0.2) is 12.4 Å². The summed E-state index contributed by atoms with van der Waals surface area (Å²) in [5, 5.41) is 6.48. The van der Waals surface area contributed by atoms with Gasteiger partial charge in [-0.25, -0.2) is 4.98 Å². The Bertz CT molecular complexity index is 666. The Morgan fingerprint density at radius 2 is 2.10 bits per heavy atom. The molecule has 114 valence electrons. The highest BCUT2D eigenvalue weighted by molar-refractivity contribution is 5.83. The maximum Gasteiger partial charge on any atom is 0.433 e. The maximum absolute atomic E-state index is 12.8. The summed E-state index contributed by atoms with van der Waals surface area (Å²) in [6.07, 6.45) is -3.52. The van der Waals surface area contributed by atoms with Crippen molar-refractivity contribution < 1.29 is 18.0 Å². The van der Waals surface area contributed by atoms with E-state index < -0.39 is 17.9 Å². The fourth-order valence-electron chi connectivity index (χ4n) is 1.73. The van der Waals surface area contributed by atoms with Gasteiger partial charge in [0.1, 0.15) is 18.2 Å². The van der Waals surface area contributed by atoms with Crippen molar-refractivity contribution in [2.24, 2.45) is 0 Å². The van der Waals surface area contributed by atoms with Crippen molar-refractivity contribution in [3.05, 3.63) is 18.1 Å². The van der Waals surface area contributed by atoms with Crippen LogP contribution in [0.1, 0.15) is 12.6 Å². The number of alkyl halides is 3. The van der Waals surface area contributed by atoms with E-state index in [0.717, 1.165) is 16.9 Å². The first kappa shape index (κ1) is 15.0. The highest BCUT2D eigenvalue weighted by Gasteiger charge is 2.34. The molecule has 7 nitrogen and oxygen atoms in total. The minimum absolute atomic E-state index is 0.00692.